The zero-order chi connectivity index (χ0) is 61.9. The zero-order valence-electron chi connectivity index (χ0n) is 42.7. The highest BCUT2D eigenvalue weighted by Crippen LogP contribution is 2.33. The minimum atomic E-state index is -3.11. The van der Waals surface area contributed by atoms with E-state index in [2.05, 4.69) is 69.2 Å². The average Bonchev–Trinajstić information content (AvgIpc) is 2.60. The Hall–Kier alpha value is -8.05. The number of alkyl halides is 6. The number of amidine groups is 1. The highest BCUT2D eigenvalue weighted by atomic mass is 32.2. The van der Waals surface area contributed by atoms with E-state index in [1.165, 1.54) is 11.8 Å². The molecular weight excluding hydrogens is 1230 g/mol. The Labute approximate surface area is 480 Å². The van der Waals surface area contributed by atoms with E-state index in [0.717, 1.165) is 87.3 Å². The lowest BCUT2D eigenvalue weighted by Crippen LogP contribution is -2.24. The minimum absolute atomic E-state index is 0.00991. The number of hydroxylamine groups is 1. The van der Waals surface area contributed by atoms with Gasteiger partial charge in [-0.25, -0.2) is 77.1 Å². The molecule has 0 bridgehead atoms. The number of hydrogen-bond donors (Lipinski definition) is 7. The normalized spacial score (nSPS) is 12.3. The third kappa shape index (κ3) is 17.3. The first-order valence-corrected chi connectivity index (χ1v) is 26.8. The van der Waals surface area contributed by atoms with Gasteiger partial charge in [0.05, 0.1) is 47.0 Å². The van der Waals surface area contributed by atoms with Gasteiger partial charge in [0.1, 0.15) is 29.7 Å². The topological polar surface area (TPSA) is 399 Å². The number of aliphatic hydroxyl groups excluding tert-OH is 4. The van der Waals surface area contributed by atoms with Crippen LogP contribution in [0.5, 0.6) is 0 Å². The maximum Gasteiger partial charge on any atom is 0.446 e. The highest BCUT2D eigenvalue weighted by molar-refractivity contribution is 7.99. The van der Waals surface area contributed by atoms with Gasteiger partial charge >= 0.3 is 11.5 Å². The van der Waals surface area contributed by atoms with E-state index in [9.17, 15) is 74.1 Å². The molecule has 0 amide bonds. The van der Waals surface area contributed by atoms with Crippen LogP contribution in [0.3, 0.4) is 0 Å². The van der Waals surface area contributed by atoms with Crippen molar-refractivity contribution in [3.05, 3.63) is 116 Å². The van der Waals surface area contributed by atoms with Gasteiger partial charge in [0.2, 0.25) is 11.6 Å². The smallest absolute Gasteiger partial charge is 0.393 e. The van der Waals surface area contributed by atoms with Crippen LogP contribution in [0.1, 0.15) is 67.3 Å². The fourth-order valence-corrected chi connectivity index (χ4v) is 9.06. The number of halogens is 9. The second-order valence-electron chi connectivity index (χ2n) is 16.4. The van der Waals surface area contributed by atoms with Crippen LogP contribution >= 0.6 is 35.3 Å². The van der Waals surface area contributed by atoms with E-state index in [1.54, 1.807) is 5.48 Å². The van der Waals surface area contributed by atoms with Crippen LogP contribution in [0.25, 0.3) is 34.4 Å². The summed E-state index contributed by atoms with van der Waals surface area (Å²) in [4.78, 5) is 51.0. The molecule has 8 rings (SSSR count). The second-order valence-corrected chi connectivity index (χ2v) is 19.7. The van der Waals surface area contributed by atoms with Crippen LogP contribution in [0.2, 0.25) is 0 Å². The molecule has 0 aliphatic carbocycles. The van der Waals surface area contributed by atoms with E-state index < -0.39 is 102 Å². The Morgan fingerprint density at radius 2 is 1.00 bits per heavy atom. The van der Waals surface area contributed by atoms with Crippen molar-refractivity contribution in [2.24, 2.45) is 10.7 Å². The summed E-state index contributed by atoms with van der Waals surface area (Å²) in [5.41, 5.74) is 4.36. The first-order chi connectivity index (χ1) is 40.7. The molecule has 85 heavy (non-hydrogen) atoms. The highest BCUT2D eigenvalue weighted by Gasteiger charge is 2.27. The molecule has 5 heterocycles. The monoisotopic (exact) mass is 1270 g/mol. The Kier molecular flexibility index (Phi) is 24.7. The van der Waals surface area contributed by atoms with Gasteiger partial charge in [-0.1, -0.05) is 22.1 Å². The lowest BCUT2D eigenvalue weighted by molar-refractivity contribution is -0.129. The fraction of sp³-hybridized carbons (Fsp3) is 0.326. The average molecular weight is 1270 g/mol. The van der Waals surface area contributed by atoms with E-state index in [-0.39, 0.29) is 74.5 Å². The van der Waals surface area contributed by atoms with Gasteiger partial charge in [-0.2, -0.15) is 0 Å². The first kappa shape index (κ1) is 66.1. The van der Waals surface area contributed by atoms with Crippen LogP contribution in [0.4, 0.5) is 45.2 Å². The molecule has 0 radical (unpaired) electrons. The number of carbonyl (C=O) groups is 2. The van der Waals surface area contributed by atoms with Gasteiger partial charge in [-0.3, -0.25) is 29.3 Å². The van der Waals surface area contributed by atoms with Gasteiger partial charge in [0.25, 0.3) is 19.3 Å². The minimum Gasteiger partial charge on any atom is -0.393 e. The molecule has 0 saturated carbocycles. The SMILES string of the molecule is NCCSc1nonc1-c1noc(=O)n1-c1ccc(F)c(C(F)F)c1.O=C(CCCSc1nonc1-c1noc(=O)n1-c1ccc(F)c(C(F)F)c1)C(O)CO.O=C(CCCSc1nonc1C(=Nc1ccc(F)c(C(F)F)c1)NO)C(O)CO. The number of hydrogen-bond acceptors (Lipinski definition) is 27. The number of thioether (sulfide) groups is 3. The quantitative estimate of drug-likeness (QED) is 0.00847. The number of nitrogens with zero attached hydrogens (tertiary/aromatic N) is 11. The summed E-state index contributed by atoms with van der Waals surface area (Å²) >= 11 is 3.40. The van der Waals surface area contributed by atoms with Crippen LogP contribution in [-0.4, -0.2) is 143 Å². The number of rotatable bonds is 26. The van der Waals surface area contributed by atoms with Crippen molar-refractivity contribution in [1.29, 1.82) is 0 Å². The second kappa shape index (κ2) is 31.7. The molecule has 2 unspecified atom stereocenters. The molecule has 0 fully saturated rings. The van der Waals surface area contributed by atoms with Crippen molar-refractivity contribution in [2.45, 2.75) is 72.2 Å². The lowest BCUT2D eigenvalue weighted by atomic mass is 10.1. The summed E-state index contributed by atoms with van der Waals surface area (Å²) in [7, 11) is 0. The van der Waals surface area contributed by atoms with Crippen LogP contribution in [0, 0.1) is 17.5 Å². The van der Waals surface area contributed by atoms with Gasteiger partial charge in [-0.05, 0) is 98.4 Å². The van der Waals surface area contributed by atoms with Crippen LogP contribution < -0.4 is 22.7 Å². The molecular formula is C46H42F9N13O14S3. The number of nitrogens with one attached hydrogen (secondary N) is 1. The molecule has 0 aliphatic heterocycles. The molecule has 39 heteroatoms. The fourth-order valence-electron chi connectivity index (χ4n) is 6.72. The Morgan fingerprint density at radius 3 is 1.44 bits per heavy atom. The molecule has 8 aromatic rings. The predicted molar refractivity (Wildman–Crippen MR) is 273 cm³/mol. The molecule has 0 spiro atoms. The summed E-state index contributed by atoms with van der Waals surface area (Å²) < 4.78 is 143. The summed E-state index contributed by atoms with van der Waals surface area (Å²) in [5.74, 6) is -5.71. The molecule has 8 N–H and O–H groups in total. The number of aliphatic imine (C=N–C) groups is 1. The zero-order valence-corrected chi connectivity index (χ0v) is 45.1. The number of carbonyl (C=O) groups excluding carboxylic acids is 2. The molecule has 2 atom stereocenters. The van der Waals surface area contributed by atoms with Gasteiger partial charge in [0.15, 0.2) is 49.6 Å². The van der Waals surface area contributed by atoms with E-state index in [0.29, 0.717) is 41.7 Å². The third-order valence-corrected chi connectivity index (χ3v) is 13.8. The van der Waals surface area contributed by atoms with Crippen LogP contribution in [0.15, 0.2) is 107 Å². The van der Waals surface area contributed by atoms with Crippen molar-refractivity contribution in [1.82, 2.24) is 55.9 Å². The number of ketones is 2. The van der Waals surface area contributed by atoms with Crippen molar-refractivity contribution in [3.8, 4) is 34.4 Å². The summed E-state index contributed by atoms with van der Waals surface area (Å²) in [5, 5.41) is 75.0. The maximum atomic E-state index is 13.6. The molecule has 27 nitrogen and oxygen atoms in total. The summed E-state index contributed by atoms with van der Waals surface area (Å²) in [6.45, 7) is -0.954. The number of benzene rings is 3. The molecule has 456 valence electrons. The number of nitrogens with two attached hydrogens (primary N) is 1. The third-order valence-electron chi connectivity index (χ3n) is 10.8. The van der Waals surface area contributed by atoms with E-state index >= 15 is 0 Å². The van der Waals surface area contributed by atoms with Crippen molar-refractivity contribution in [3.63, 3.8) is 0 Å². The standard InChI is InChI=1S/C17H15F3N4O6S.C16H17F3N4O5S.C13H10F3N5O3S/c18-10-4-3-8(6-9(10)14(19)20)24-15(22-29-17(24)28)13-16(23-30-21-13)31-5-1-2-11(26)12(27)7-25;17-10-4-3-8(6-9(10)14(18)19)20-15(21-27)13-16(23-28-22-13)29-5-1-2-11(25)12(26)7-24;14-8-2-1-6(5-7(8)10(15)16)21-11(19-23-13(21)22)9-12(20-24-18-9)25-4-3-17/h3-4,6,12,14,25,27H,1-2,5,7H2;3-4,6,12,14,24,26-27H,1-2,5,7H2,(H,20,21);1-2,5,10H,3-4,17H2. The number of aromatic nitrogens is 10. The Balaban J connectivity index is 0.000000205. The largest absolute Gasteiger partial charge is 0.446 e. The summed E-state index contributed by atoms with van der Waals surface area (Å²) in [6.07, 6.45) is -11.3. The first-order valence-electron chi connectivity index (χ1n) is 23.8. The maximum absolute atomic E-state index is 13.6. The molecule has 3 aromatic carbocycles. The van der Waals surface area contributed by atoms with E-state index in [4.69, 9.17) is 15.9 Å². The predicted octanol–water partition coefficient (Wildman–Crippen LogP) is 5.75. The van der Waals surface area contributed by atoms with Crippen molar-refractivity contribution in [2.75, 3.05) is 37.0 Å². The van der Waals surface area contributed by atoms with Gasteiger partial charge in [0, 0.05) is 36.6 Å². The lowest BCUT2D eigenvalue weighted by Gasteiger charge is -2.07. The number of Topliss-reactive ketones (excluding diaryl/α,β-unsaturated/α-hetero) is 2. The van der Waals surface area contributed by atoms with Crippen LogP contribution in [-0.2, 0) is 9.59 Å². The van der Waals surface area contributed by atoms with E-state index in [1.807, 2.05) is 0 Å². The van der Waals surface area contributed by atoms with Gasteiger partial charge < -0.3 is 26.2 Å². The van der Waals surface area contributed by atoms with Crippen molar-refractivity contribution >= 4 is 58.4 Å². The van der Waals surface area contributed by atoms with Gasteiger partial charge in [-0.15, -0.1) is 23.5 Å². The van der Waals surface area contributed by atoms with Crippen molar-refractivity contribution < 1.29 is 97.7 Å². The molecule has 5 aromatic heterocycles. The number of aliphatic hydroxyl groups is 4. The Bertz CT molecular complexity index is 3660. The molecule has 0 aliphatic rings. The molecule has 0 saturated heterocycles. The Morgan fingerprint density at radius 1 is 0.588 bits per heavy atom. The summed E-state index contributed by atoms with van der Waals surface area (Å²) in [6, 6.07) is 8.27.